The lowest BCUT2D eigenvalue weighted by atomic mass is 10.1. The van der Waals surface area contributed by atoms with E-state index in [0.717, 1.165) is 0 Å². The summed E-state index contributed by atoms with van der Waals surface area (Å²) in [5.74, 6) is -0.00171. The zero-order valence-corrected chi connectivity index (χ0v) is 8.87. The van der Waals surface area contributed by atoms with E-state index >= 15 is 0 Å². The second kappa shape index (κ2) is 5.94. The topological polar surface area (TPSA) is 52.6 Å². The molecule has 0 aliphatic rings. The third-order valence-electron chi connectivity index (χ3n) is 1.56. The molecule has 2 atom stereocenters. The second-order valence-electron chi connectivity index (χ2n) is 3.79. The smallest absolute Gasteiger partial charge is 0.234 e. The maximum absolute atomic E-state index is 11.2. The van der Waals surface area contributed by atoms with Gasteiger partial charge in [0.15, 0.2) is 0 Å². The molecule has 78 valence electrons. The maximum atomic E-state index is 11.2. The van der Waals surface area contributed by atoms with Gasteiger partial charge in [0.25, 0.3) is 0 Å². The molecule has 1 amide bonds. The van der Waals surface area contributed by atoms with E-state index in [1.54, 1.807) is 6.92 Å². The number of hydrogen-bond acceptors (Lipinski definition) is 3. The van der Waals surface area contributed by atoms with Crippen LogP contribution in [-0.2, 0) is 4.79 Å². The van der Waals surface area contributed by atoms with Gasteiger partial charge in [0.05, 0.1) is 12.6 Å². The fraction of sp³-hybridized carbons (Fsp3) is 0.889. The van der Waals surface area contributed by atoms with Gasteiger partial charge in [-0.05, 0) is 34.4 Å². The first-order valence-electron chi connectivity index (χ1n) is 4.54. The standard InChI is InChI=1S/C9H20N2O2/c1-7(5-8(2)12)10-9(13)6-11(3)4/h7-8,12H,5-6H2,1-4H3,(H,10,13). The van der Waals surface area contributed by atoms with Gasteiger partial charge < -0.3 is 15.3 Å². The van der Waals surface area contributed by atoms with Gasteiger partial charge >= 0.3 is 0 Å². The van der Waals surface area contributed by atoms with E-state index in [9.17, 15) is 4.79 Å². The normalized spacial score (nSPS) is 15.5. The number of carbonyl (C=O) groups excluding carboxylic acids is 1. The number of hydrogen-bond donors (Lipinski definition) is 2. The summed E-state index contributed by atoms with van der Waals surface area (Å²) in [6, 6.07) is 0.0347. The van der Waals surface area contributed by atoms with Crippen LogP contribution in [0.2, 0.25) is 0 Å². The highest BCUT2D eigenvalue weighted by atomic mass is 16.3. The molecule has 0 aliphatic carbocycles. The molecule has 0 radical (unpaired) electrons. The Morgan fingerprint density at radius 1 is 1.46 bits per heavy atom. The van der Waals surface area contributed by atoms with Gasteiger partial charge in [-0.25, -0.2) is 0 Å². The van der Waals surface area contributed by atoms with Crippen LogP contribution in [0.25, 0.3) is 0 Å². The summed E-state index contributed by atoms with van der Waals surface area (Å²) in [7, 11) is 3.69. The van der Waals surface area contributed by atoms with Crippen molar-refractivity contribution in [1.29, 1.82) is 0 Å². The lowest BCUT2D eigenvalue weighted by Gasteiger charge is -2.17. The molecule has 0 saturated heterocycles. The highest BCUT2D eigenvalue weighted by molar-refractivity contribution is 5.78. The van der Waals surface area contributed by atoms with E-state index in [4.69, 9.17) is 5.11 Å². The molecule has 0 saturated carbocycles. The molecule has 0 aromatic rings. The molecule has 0 aromatic heterocycles. The number of likely N-dealkylation sites (N-methyl/N-ethyl adjacent to an activating group) is 1. The number of amides is 1. The molecule has 0 aliphatic heterocycles. The SMILES string of the molecule is CC(O)CC(C)NC(=O)CN(C)C. The average molecular weight is 188 g/mol. The number of aliphatic hydroxyl groups is 1. The van der Waals surface area contributed by atoms with Crippen LogP contribution >= 0.6 is 0 Å². The summed E-state index contributed by atoms with van der Waals surface area (Å²) >= 11 is 0. The Balaban J connectivity index is 3.65. The Bertz CT molecular complexity index is 158. The van der Waals surface area contributed by atoms with Gasteiger partial charge in [0, 0.05) is 6.04 Å². The molecule has 13 heavy (non-hydrogen) atoms. The molecule has 0 spiro atoms. The fourth-order valence-electron chi connectivity index (χ4n) is 1.18. The number of nitrogens with zero attached hydrogens (tertiary/aromatic N) is 1. The molecule has 0 heterocycles. The summed E-state index contributed by atoms with van der Waals surface area (Å²) in [5, 5.41) is 11.9. The van der Waals surface area contributed by atoms with Crippen LogP contribution in [0.1, 0.15) is 20.3 Å². The Morgan fingerprint density at radius 2 is 2.00 bits per heavy atom. The van der Waals surface area contributed by atoms with E-state index in [1.807, 2.05) is 25.9 Å². The highest BCUT2D eigenvalue weighted by Gasteiger charge is 2.09. The number of rotatable bonds is 5. The predicted molar refractivity (Wildman–Crippen MR) is 52.5 cm³/mol. The van der Waals surface area contributed by atoms with Crippen molar-refractivity contribution in [2.24, 2.45) is 0 Å². The molecule has 0 rings (SSSR count). The van der Waals surface area contributed by atoms with E-state index in [0.29, 0.717) is 13.0 Å². The van der Waals surface area contributed by atoms with E-state index in [2.05, 4.69) is 5.32 Å². The lowest BCUT2D eigenvalue weighted by Crippen LogP contribution is -2.39. The molecule has 0 bridgehead atoms. The van der Waals surface area contributed by atoms with Gasteiger partial charge in [0.2, 0.25) is 5.91 Å². The average Bonchev–Trinajstić information content (AvgIpc) is 1.80. The van der Waals surface area contributed by atoms with Gasteiger partial charge in [0.1, 0.15) is 0 Å². The van der Waals surface area contributed by atoms with Gasteiger partial charge in [-0.3, -0.25) is 4.79 Å². The summed E-state index contributed by atoms with van der Waals surface area (Å²) in [6.07, 6.45) is 0.230. The van der Waals surface area contributed by atoms with E-state index < -0.39 is 0 Å². The first-order chi connectivity index (χ1) is 5.91. The summed E-state index contributed by atoms with van der Waals surface area (Å²) in [5.41, 5.74) is 0. The first kappa shape index (κ1) is 12.4. The van der Waals surface area contributed by atoms with Crippen LogP contribution in [0, 0.1) is 0 Å². The van der Waals surface area contributed by atoms with Crippen molar-refractivity contribution in [3.63, 3.8) is 0 Å². The summed E-state index contributed by atoms with van der Waals surface area (Å²) < 4.78 is 0. The van der Waals surface area contributed by atoms with E-state index in [-0.39, 0.29) is 18.1 Å². The van der Waals surface area contributed by atoms with Crippen molar-refractivity contribution < 1.29 is 9.90 Å². The molecule has 4 heteroatoms. The first-order valence-corrected chi connectivity index (χ1v) is 4.54. The molecule has 0 fully saturated rings. The Labute approximate surface area is 79.9 Å². The van der Waals surface area contributed by atoms with Crippen molar-refractivity contribution in [3.8, 4) is 0 Å². The van der Waals surface area contributed by atoms with Crippen LogP contribution in [0.5, 0.6) is 0 Å². The molecule has 0 aromatic carbocycles. The Hall–Kier alpha value is -0.610. The van der Waals surface area contributed by atoms with Crippen LogP contribution in [0.4, 0.5) is 0 Å². The monoisotopic (exact) mass is 188 g/mol. The Morgan fingerprint density at radius 3 is 2.38 bits per heavy atom. The van der Waals surface area contributed by atoms with Crippen molar-refractivity contribution >= 4 is 5.91 Å². The van der Waals surface area contributed by atoms with Crippen molar-refractivity contribution in [2.75, 3.05) is 20.6 Å². The van der Waals surface area contributed by atoms with Gasteiger partial charge in [-0.2, -0.15) is 0 Å². The fourth-order valence-corrected chi connectivity index (χ4v) is 1.18. The van der Waals surface area contributed by atoms with E-state index in [1.165, 1.54) is 0 Å². The zero-order chi connectivity index (χ0) is 10.4. The molecule has 2 unspecified atom stereocenters. The van der Waals surface area contributed by atoms with Gasteiger partial charge in [-0.1, -0.05) is 0 Å². The van der Waals surface area contributed by atoms with Crippen molar-refractivity contribution in [2.45, 2.75) is 32.4 Å². The van der Waals surface area contributed by atoms with Crippen molar-refractivity contribution in [3.05, 3.63) is 0 Å². The zero-order valence-electron chi connectivity index (χ0n) is 8.87. The van der Waals surface area contributed by atoms with Crippen LogP contribution < -0.4 is 5.32 Å². The highest BCUT2D eigenvalue weighted by Crippen LogP contribution is 1.95. The lowest BCUT2D eigenvalue weighted by molar-refractivity contribution is -0.122. The second-order valence-corrected chi connectivity index (χ2v) is 3.79. The third kappa shape index (κ3) is 7.74. The quantitative estimate of drug-likeness (QED) is 0.629. The molecule has 2 N–H and O–H groups in total. The van der Waals surface area contributed by atoms with Crippen LogP contribution in [0.15, 0.2) is 0 Å². The number of carbonyl (C=O) groups is 1. The minimum absolute atomic E-state index is 0.00171. The van der Waals surface area contributed by atoms with Crippen molar-refractivity contribution in [1.82, 2.24) is 10.2 Å². The molecular formula is C9H20N2O2. The largest absolute Gasteiger partial charge is 0.393 e. The van der Waals surface area contributed by atoms with Crippen LogP contribution in [-0.4, -0.2) is 48.7 Å². The van der Waals surface area contributed by atoms with Gasteiger partial charge in [-0.15, -0.1) is 0 Å². The number of nitrogens with one attached hydrogen (secondary N) is 1. The minimum atomic E-state index is -0.366. The minimum Gasteiger partial charge on any atom is -0.393 e. The number of aliphatic hydroxyl groups excluding tert-OH is 1. The Kier molecular flexibility index (Phi) is 5.66. The molecule has 4 nitrogen and oxygen atoms in total. The summed E-state index contributed by atoms with van der Waals surface area (Å²) in [4.78, 5) is 13.0. The summed E-state index contributed by atoms with van der Waals surface area (Å²) in [6.45, 7) is 4.00. The van der Waals surface area contributed by atoms with Crippen LogP contribution in [0.3, 0.4) is 0 Å². The maximum Gasteiger partial charge on any atom is 0.234 e. The molecular weight excluding hydrogens is 168 g/mol. The third-order valence-corrected chi connectivity index (χ3v) is 1.56. The predicted octanol–water partition coefficient (Wildman–Crippen LogP) is -0.176.